The van der Waals surface area contributed by atoms with Gasteiger partial charge in [-0.1, -0.05) is 30.1 Å². The molecule has 0 radical (unpaired) electrons. The second-order valence-corrected chi connectivity index (χ2v) is 6.52. The summed E-state index contributed by atoms with van der Waals surface area (Å²) in [5.41, 5.74) is 0. The van der Waals surface area contributed by atoms with Crippen molar-refractivity contribution in [2.45, 2.75) is 32.2 Å². The van der Waals surface area contributed by atoms with E-state index in [9.17, 15) is 0 Å². The average molecular weight is 331 g/mol. The maximum absolute atomic E-state index is 6.32. The number of hydrogen-bond acceptors (Lipinski definition) is 4. The summed E-state index contributed by atoms with van der Waals surface area (Å²) < 4.78 is 0. The van der Waals surface area contributed by atoms with E-state index in [1.807, 2.05) is 7.05 Å². The number of pyridine rings is 1. The molecule has 1 unspecified atom stereocenters. The monoisotopic (exact) mass is 330 g/mol. The molecular weight excluding hydrogens is 307 g/mol. The Morgan fingerprint density at radius 3 is 2.81 bits per heavy atom. The lowest BCUT2D eigenvalue weighted by molar-refractivity contribution is 0.314. The SMILES string of the molecule is CCCNc1nc(N(C)CC2CCCN2C)c(Cl)cc1Cl. The maximum atomic E-state index is 6.32. The van der Waals surface area contributed by atoms with Crippen molar-refractivity contribution in [1.82, 2.24) is 9.88 Å². The van der Waals surface area contributed by atoms with Crippen molar-refractivity contribution in [3.05, 3.63) is 16.1 Å². The Morgan fingerprint density at radius 1 is 1.43 bits per heavy atom. The van der Waals surface area contributed by atoms with Crippen molar-refractivity contribution in [2.75, 3.05) is 43.9 Å². The summed E-state index contributed by atoms with van der Waals surface area (Å²) in [6.45, 7) is 5.06. The lowest BCUT2D eigenvalue weighted by atomic mass is 10.2. The summed E-state index contributed by atoms with van der Waals surface area (Å²) >= 11 is 12.5. The molecular formula is C15H24Cl2N4. The van der Waals surface area contributed by atoms with Crippen LogP contribution in [0.25, 0.3) is 0 Å². The van der Waals surface area contributed by atoms with Gasteiger partial charge in [-0.05, 0) is 38.9 Å². The summed E-state index contributed by atoms with van der Waals surface area (Å²) in [4.78, 5) is 9.14. The molecule has 0 spiro atoms. The van der Waals surface area contributed by atoms with E-state index >= 15 is 0 Å². The van der Waals surface area contributed by atoms with Crippen LogP contribution in [0.4, 0.5) is 11.6 Å². The second kappa shape index (κ2) is 7.52. The Balaban J connectivity index is 2.13. The molecule has 1 fully saturated rings. The number of nitrogens with one attached hydrogen (secondary N) is 1. The van der Waals surface area contributed by atoms with Crippen molar-refractivity contribution >= 4 is 34.8 Å². The number of hydrogen-bond donors (Lipinski definition) is 1. The van der Waals surface area contributed by atoms with Crippen molar-refractivity contribution in [3.63, 3.8) is 0 Å². The molecule has 1 aromatic heterocycles. The third-order valence-corrected chi connectivity index (χ3v) is 4.54. The molecule has 0 aliphatic carbocycles. The topological polar surface area (TPSA) is 31.4 Å². The van der Waals surface area contributed by atoms with Crippen LogP contribution in [0.3, 0.4) is 0 Å². The molecule has 1 saturated heterocycles. The van der Waals surface area contributed by atoms with Crippen molar-refractivity contribution in [2.24, 2.45) is 0 Å². The van der Waals surface area contributed by atoms with Crippen molar-refractivity contribution in [3.8, 4) is 0 Å². The third-order valence-electron chi connectivity index (χ3n) is 3.97. The van der Waals surface area contributed by atoms with Crippen LogP contribution in [0.1, 0.15) is 26.2 Å². The van der Waals surface area contributed by atoms with Gasteiger partial charge in [0.05, 0.1) is 10.0 Å². The van der Waals surface area contributed by atoms with Crippen LogP contribution in [0, 0.1) is 0 Å². The first kappa shape index (κ1) is 16.7. The first-order chi connectivity index (χ1) is 10.0. The number of nitrogens with zero attached hydrogens (tertiary/aromatic N) is 3. The van der Waals surface area contributed by atoms with Crippen LogP contribution in [0.2, 0.25) is 10.0 Å². The van der Waals surface area contributed by atoms with E-state index in [4.69, 9.17) is 23.2 Å². The molecule has 0 amide bonds. The van der Waals surface area contributed by atoms with E-state index in [-0.39, 0.29) is 0 Å². The van der Waals surface area contributed by atoms with Gasteiger partial charge in [-0.25, -0.2) is 4.98 Å². The van der Waals surface area contributed by atoms with Gasteiger partial charge in [0.1, 0.15) is 11.6 Å². The van der Waals surface area contributed by atoms with Crippen LogP contribution in [0.5, 0.6) is 0 Å². The molecule has 2 rings (SSSR count). The Morgan fingerprint density at radius 2 is 2.19 bits per heavy atom. The highest BCUT2D eigenvalue weighted by Crippen LogP contribution is 2.31. The minimum Gasteiger partial charge on any atom is -0.369 e. The zero-order valence-electron chi connectivity index (χ0n) is 13.0. The Hall–Kier alpha value is -0.710. The van der Waals surface area contributed by atoms with Gasteiger partial charge in [0.2, 0.25) is 0 Å². The summed E-state index contributed by atoms with van der Waals surface area (Å²) in [5, 5.41) is 4.42. The molecule has 4 nitrogen and oxygen atoms in total. The number of likely N-dealkylation sites (tertiary alicyclic amines) is 1. The van der Waals surface area contributed by atoms with Gasteiger partial charge in [-0.3, -0.25) is 0 Å². The second-order valence-electron chi connectivity index (χ2n) is 5.71. The Kier molecular flexibility index (Phi) is 5.97. The van der Waals surface area contributed by atoms with E-state index in [0.717, 1.165) is 25.3 Å². The van der Waals surface area contributed by atoms with Crippen LogP contribution in [-0.4, -0.2) is 49.7 Å². The molecule has 1 atom stereocenters. The number of halogens is 2. The highest BCUT2D eigenvalue weighted by Gasteiger charge is 2.23. The smallest absolute Gasteiger partial charge is 0.149 e. The molecule has 0 aromatic carbocycles. The number of likely N-dealkylation sites (N-methyl/N-ethyl adjacent to an activating group) is 2. The van der Waals surface area contributed by atoms with Gasteiger partial charge in [0.15, 0.2) is 0 Å². The van der Waals surface area contributed by atoms with E-state index in [1.165, 1.54) is 19.4 Å². The van der Waals surface area contributed by atoms with E-state index < -0.39 is 0 Å². The quantitative estimate of drug-likeness (QED) is 0.860. The molecule has 1 aromatic rings. The van der Waals surface area contributed by atoms with Gasteiger partial charge in [-0.15, -0.1) is 0 Å². The zero-order chi connectivity index (χ0) is 15.4. The molecule has 1 aliphatic rings. The first-order valence-corrected chi connectivity index (χ1v) is 8.29. The minimum atomic E-state index is 0.565. The van der Waals surface area contributed by atoms with Crippen LogP contribution >= 0.6 is 23.2 Å². The lowest BCUT2D eigenvalue weighted by Crippen LogP contribution is -2.37. The normalized spacial score (nSPS) is 19.0. The maximum Gasteiger partial charge on any atom is 0.149 e. The molecule has 21 heavy (non-hydrogen) atoms. The van der Waals surface area contributed by atoms with Gasteiger partial charge in [0.25, 0.3) is 0 Å². The average Bonchev–Trinajstić information content (AvgIpc) is 2.83. The summed E-state index contributed by atoms with van der Waals surface area (Å²) in [7, 11) is 4.22. The van der Waals surface area contributed by atoms with Gasteiger partial charge in [-0.2, -0.15) is 0 Å². The molecule has 118 valence electrons. The zero-order valence-corrected chi connectivity index (χ0v) is 14.5. The fourth-order valence-electron chi connectivity index (χ4n) is 2.70. The standard InChI is InChI=1S/C15H24Cl2N4/c1-4-7-18-14-12(16)9-13(17)15(19-14)21(3)10-11-6-5-8-20(11)2/h9,11H,4-8,10H2,1-3H3,(H,18,19). The highest BCUT2D eigenvalue weighted by atomic mass is 35.5. The number of aromatic nitrogens is 1. The van der Waals surface area contributed by atoms with E-state index in [2.05, 4.69) is 34.1 Å². The molecule has 0 saturated carbocycles. The van der Waals surface area contributed by atoms with Crippen molar-refractivity contribution < 1.29 is 0 Å². The largest absolute Gasteiger partial charge is 0.369 e. The van der Waals surface area contributed by atoms with Gasteiger partial charge < -0.3 is 15.1 Å². The predicted octanol–water partition coefficient (Wildman–Crippen LogP) is 3.74. The van der Waals surface area contributed by atoms with Gasteiger partial charge in [0, 0.05) is 26.2 Å². The molecule has 1 aliphatic heterocycles. The fourth-order valence-corrected chi connectivity index (χ4v) is 3.27. The van der Waals surface area contributed by atoms with Crippen LogP contribution in [0.15, 0.2) is 6.07 Å². The molecule has 0 bridgehead atoms. The highest BCUT2D eigenvalue weighted by molar-refractivity contribution is 6.37. The molecule has 1 N–H and O–H groups in total. The van der Waals surface area contributed by atoms with Crippen LogP contribution < -0.4 is 10.2 Å². The lowest BCUT2D eigenvalue weighted by Gasteiger charge is -2.27. The fraction of sp³-hybridized carbons (Fsp3) is 0.667. The number of rotatable bonds is 6. The molecule has 2 heterocycles. The van der Waals surface area contributed by atoms with Gasteiger partial charge >= 0.3 is 0 Å². The third kappa shape index (κ3) is 4.15. The Bertz CT molecular complexity index is 481. The van der Waals surface area contributed by atoms with E-state index in [1.54, 1.807) is 6.07 Å². The first-order valence-electron chi connectivity index (χ1n) is 7.54. The minimum absolute atomic E-state index is 0.565. The summed E-state index contributed by atoms with van der Waals surface area (Å²) in [6.07, 6.45) is 3.52. The van der Waals surface area contributed by atoms with Crippen LogP contribution in [-0.2, 0) is 0 Å². The van der Waals surface area contributed by atoms with Crippen molar-refractivity contribution in [1.29, 1.82) is 0 Å². The summed E-state index contributed by atoms with van der Waals surface area (Å²) in [5.74, 6) is 1.50. The number of anilines is 2. The van der Waals surface area contributed by atoms with E-state index in [0.29, 0.717) is 21.9 Å². The summed E-state index contributed by atoms with van der Waals surface area (Å²) in [6, 6.07) is 2.34. The predicted molar refractivity (Wildman–Crippen MR) is 92.0 cm³/mol. The molecule has 6 heteroatoms. The Labute approximate surface area is 137 Å².